The summed E-state index contributed by atoms with van der Waals surface area (Å²) in [6, 6.07) is 3.91. The second-order valence-electron chi connectivity index (χ2n) is 13.1. The average molecular weight is 653 g/mol. The number of rotatable bonds is 6. The first-order valence-corrected chi connectivity index (χ1v) is 16.5. The number of amides is 1. The fourth-order valence-electron chi connectivity index (χ4n) is 6.91. The Bertz CT molecular complexity index is 1700. The highest BCUT2D eigenvalue weighted by molar-refractivity contribution is 5.82. The summed E-state index contributed by atoms with van der Waals surface area (Å²) in [5, 5.41) is 12.6. The molecule has 0 radical (unpaired) electrons. The van der Waals surface area contributed by atoms with Crippen molar-refractivity contribution in [3.63, 3.8) is 0 Å². The van der Waals surface area contributed by atoms with E-state index in [2.05, 4.69) is 10.3 Å². The van der Waals surface area contributed by atoms with Crippen LogP contribution in [0.2, 0.25) is 0 Å². The third kappa shape index (κ3) is 8.12. The number of carboxylic acid groups (broad SMARTS) is 1. The lowest BCUT2D eigenvalue weighted by Gasteiger charge is -2.34. The standard InChI is InChI=1S/C36H43F3N4O4/c1-21-14-27(37)15-24-9-7-5-4-6-8-10-31(43-18-25(23(3)40-36(43)47)11-12-42-19-28(38)20-42)35(46)41-30(17-32(44)45)29-16-26(33(21)24)13-22(2)34(29)39/h13-16,18,28,30-31H,4-12,17,19-20H2,1-3H3,(H,41,46)(H,44,45)/t30-,31-/m0/s1. The average Bonchev–Trinajstić information content (AvgIpc) is 2.97. The first kappa shape index (κ1) is 34.3. The third-order valence-electron chi connectivity index (χ3n) is 9.44. The maximum Gasteiger partial charge on any atom is 0.348 e. The van der Waals surface area contributed by atoms with Gasteiger partial charge < -0.3 is 10.4 Å². The molecular weight excluding hydrogens is 609 g/mol. The van der Waals surface area contributed by atoms with Crippen molar-refractivity contribution in [2.75, 3.05) is 19.6 Å². The molecule has 0 saturated carbocycles. The molecule has 11 heteroatoms. The Labute approximate surface area is 273 Å². The maximum absolute atomic E-state index is 15.9. The number of fused-ring (bicyclic) bond motifs is 4. The Balaban J connectivity index is 1.55. The van der Waals surface area contributed by atoms with Gasteiger partial charge in [-0.25, -0.2) is 18.0 Å². The number of nitrogens with zero attached hydrogens (tertiary/aromatic N) is 3. The molecule has 3 heterocycles. The molecule has 1 fully saturated rings. The van der Waals surface area contributed by atoms with Crippen LogP contribution in [0.3, 0.4) is 0 Å². The molecule has 8 nitrogen and oxygen atoms in total. The highest BCUT2D eigenvalue weighted by Crippen LogP contribution is 2.35. The van der Waals surface area contributed by atoms with Crippen LogP contribution in [0.4, 0.5) is 13.2 Å². The Morgan fingerprint density at radius 2 is 1.72 bits per heavy atom. The number of likely N-dealkylation sites (tertiary alicyclic amines) is 1. The summed E-state index contributed by atoms with van der Waals surface area (Å²) in [5.41, 5.74) is 3.82. The van der Waals surface area contributed by atoms with Crippen LogP contribution in [0.1, 0.15) is 90.5 Å². The van der Waals surface area contributed by atoms with Crippen molar-refractivity contribution >= 4 is 11.9 Å². The van der Waals surface area contributed by atoms with Gasteiger partial charge in [0.2, 0.25) is 5.91 Å². The minimum atomic E-state index is -1.24. The molecule has 0 aliphatic carbocycles. The quantitative estimate of drug-likeness (QED) is 0.335. The molecule has 252 valence electrons. The van der Waals surface area contributed by atoms with Crippen molar-refractivity contribution in [1.82, 2.24) is 19.8 Å². The number of aromatic nitrogens is 2. The highest BCUT2D eigenvalue weighted by Gasteiger charge is 2.30. The van der Waals surface area contributed by atoms with E-state index in [0.717, 1.165) is 42.4 Å². The van der Waals surface area contributed by atoms with Crippen LogP contribution in [-0.4, -0.2) is 57.2 Å². The first-order chi connectivity index (χ1) is 22.4. The van der Waals surface area contributed by atoms with Gasteiger partial charge in [-0.1, -0.05) is 25.7 Å². The monoisotopic (exact) mass is 652 g/mol. The summed E-state index contributed by atoms with van der Waals surface area (Å²) >= 11 is 0. The summed E-state index contributed by atoms with van der Waals surface area (Å²) < 4.78 is 45.1. The number of carbonyl (C=O) groups excluding carboxylic acids is 1. The molecule has 2 aliphatic rings. The van der Waals surface area contributed by atoms with E-state index < -0.39 is 48.1 Å². The van der Waals surface area contributed by atoms with E-state index in [4.69, 9.17) is 0 Å². The van der Waals surface area contributed by atoms with Crippen molar-refractivity contribution in [1.29, 1.82) is 0 Å². The minimum Gasteiger partial charge on any atom is -0.481 e. The largest absolute Gasteiger partial charge is 0.481 e. The molecule has 3 aromatic rings. The van der Waals surface area contributed by atoms with Gasteiger partial charge >= 0.3 is 11.7 Å². The molecule has 0 unspecified atom stereocenters. The van der Waals surface area contributed by atoms with Gasteiger partial charge in [-0.2, -0.15) is 4.98 Å². The summed E-state index contributed by atoms with van der Waals surface area (Å²) in [6.45, 7) is 6.41. The lowest BCUT2D eigenvalue weighted by Crippen LogP contribution is -2.49. The van der Waals surface area contributed by atoms with Crippen LogP contribution in [-0.2, 0) is 22.4 Å². The van der Waals surface area contributed by atoms with Crippen molar-refractivity contribution in [3.8, 4) is 11.1 Å². The summed E-state index contributed by atoms with van der Waals surface area (Å²) in [5.74, 6) is -2.83. The Morgan fingerprint density at radius 3 is 2.45 bits per heavy atom. The summed E-state index contributed by atoms with van der Waals surface area (Å²) in [7, 11) is 0. The van der Waals surface area contributed by atoms with Crippen molar-refractivity contribution in [2.24, 2.45) is 0 Å². The van der Waals surface area contributed by atoms with Gasteiger partial charge in [0.15, 0.2) is 0 Å². The zero-order valence-corrected chi connectivity index (χ0v) is 27.3. The van der Waals surface area contributed by atoms with E-state index in [1.807, 2.05) is 4.90 Å². The molecule has 2 bridgehead atoms. The van der Waals surface area contributed by atoms with Gasteiger partial charge in [0.25, 0.3) is 0 Å². The number of carbonyl (C=O) groups is 2. The van der Waals surface area contributed by atoms with Crippen LogP contribution in [0, 0.1) is 32.4 Å². The number of hydrogen-bond donors (Lipinski definition) is 2. The van der Waals surface area contributed by atoms with Crippen LogP contribution in [0.25, 0.3) is 11.1 Å². The molecule has 2 atom stereocenters. The molecule has 1 saturated heterocycles. The van der Waals surface area contributed by atoms with Gasteiger partial charge in [-0.15, -0.1) is 0 Å². The van der Waals surface area contributed by atoms with Gasteiger partial charge in [0.05, 0.1) is 12.5 Å². The summed E-state index contributed by atoms with van der Waals surface area (Å²) in [6.07, 6.45) is 5.59. The summed E-state index contributed by atoms with van der Waals surface area (Å²) in [4.78, 5) is 45.6. The number of nitrogens with one attached hydrogen (secondary N) is 1. The predicted molar refractivity (Wildman–Crippen MR) is 173 cm³/mol. The molecule has 5 rings (SSSR count). The number of halogens is 3. The molecule has 2 aromatic carbocycles. The minimum absolute atomic E-state index is 0.00653. The van der Waals surface area contributed by atoms with Crippen molar-refractivity contribution in [2.45, 2.75) is 96.8 Å². The fourth-order valence-corrected chi connectivity index (χ4v) is 6.91. The smallest absolute Gasteiger partial charge is 0.348 e. The van der Waals surface area contributed by atoms with E-state index in [1.165, 1.54) is 16.7 Å². The number of alkyl halides is 1. The van der Waals surface area contributed by atoms with E-state index >= 15 is 4.39 Å². The van der Waals surface area contributed by atoms with E-state index in [1.54, 1.807) is 39.1 Å². The van der Waals surface area contributed by atoms with Crippen LogP contribution >= 0.6 is 0 Å². The highest BCUT2D eigenvalue weighted by atomic mass is 19.1. The maximum atomic E-state index is 15.9. The van der Waals surface area contributed by atoms with Crippen LogP contribution in [0.15, 0.2) is 35.3 Å². The fraction of sp³-hybridized carbons (Fsp3) is 0.500. The van der Waals surface area contributed by atoms with Gasteiger partial charge in [-0.05, 0) is 104 Å². The molecule has 47 heavy (non-hydrogen) atoms. The normalized spacial score (nSPS) is 19.9. The zero-order chi connectivity index (χ0) is 33.8. The Morgan fingerprint density at radius 1 is 1.00 bits per heavy atom. The van der Waals surface area contributed by atoms with Gasteiger partial charge in [0, 0.05) is 37.1 Å². The van der Waals surface area contributed by atoms with Gasteiger partial charge in [0.1, 0.15) is 23.8 Å². The second kappa shape index (κ2) is 14.8. The Kier molecular flexibility index (Phi) is 10.8. The second-order valence-corrected chi connectivity index (χ2v) is 13.1. The number of aryl methyl sites for hydroxylation is 4. The van der Waals surface area contributed by atoms with Crippen molar-refractivity contribution in [3.05, 3.63) is 86.1 Å². The van der Waals surface area contributed by atoms with Crippen LogP contribution < -0.4 is 11.0 Å². The predicted octanol–water partition coefficient (Wildman–Crippen LogP) is 6.08. The molecule has 2 aliphatic heterocycles. The molecular formula is C36H43F3N4O4. The zero-order valence-electron chi connectivity index (χ0n) is 27.3. The lowest BCUT2D eigenvalue weighted by molar-refractivity contribution is -0.138. The number of benzene rings is 2. The SMILES string of the molecule is Cc1cc2cc(c1F)[C@H](CC(=O)O)NC(=O)[C@@H](n1cc(CCN3CC(F)C3)c(C)nc1=O)CCCCCCCc1cc(F)cc(C)c1-2. The molecule has 1 amide bonds. The van der Waals surface area contributed by atoms with Crippen LogP contribution in [0.5, 0.6) is 0 Å². The first-order valence-electron chi connectivity index (χ1n) is 16.5. The Hall–Kier alpha value is -3.99. The third-order valence-corrected chi connectivity index (χ3v) is 9.44. The lowest BCUT2D eigenvalue weighted by atomic mass is 9.88. The van der Waals surface area contributed by atoms with E-state index in [-0.39, 0.29) is 16.9 Å². The van der Waals surface area contributed by atoms with Crippen molar-refractivity contribution < 1.29 is 27.9 Å². The topological polar surface area (TPSA) is 105 Å². The van der Waals surface area contributed by atoms with E-state index in [9.17, 15) is 28.3 Å². The number of carboxylic acids is 1. The molecule has 0 spiro atoms. The number of hydrogen-bond acceptors (Lipinski definition) is 5. The van der Waals surface area contributed by atoms with Gasteiger partial charge in [-0.3, -0.25) is 19.1 Å². The number of aliphatic carboxylic acids is 1. The molecule has 2 N–H and O–H groups in total. The van der Waals surface area contributed by atoms with E-state index in [0.29, 0.717) is 62.1 Å². The molecule has 1 aromatic heterocycles.